The first-order chi connectivity index (χ1) is 22.0. The highest BCUT2D eigenvalue weighted by atomic mass is 32.1. The van der Waals surface area contributed by atoms with E-state index >= 15 is 0 Å². The molecular weight excluding hydrogens is 663 g/mol. The van der Waals surface area contributed by atoms with Gasteiger partial charge in [-0.15, -0.1) is 11.3 Å². The summed E-state index contributed by atoms with van der Waals surface area (Å²) in [7, 11) is 7.19. The fraction of sp³-hybridized carbons (Fsp3) is 0.594. The van der Waals surface area contributed by atoms with Gasteiger partial charge in [-0.1, -0.05) is 34.1 Å². The molecule has 0 saturated carbocycles. The normalized spacial score (nSPS) is 14.6. The molecule has 0 bridgehead atoms. The van der Waals surface area contributed by atoms with Crippen LogP contribution in [-0.2, 0) is 19.1 Å². The molecule has 0 aliphatic carbocycles. The van der Waals surface area contributed by atoms with Gasteiger partial charge in [-0.3, -0.25) is 14.4 Å². The number of likely N-dealkylation sites (N-methyl/N-ethyl adjacent to an activating group) is 2. The topological polar surface area (TPSA) is 115 Å². The van der Waals surface area contributed by atoms with Crippen LogP contribution in [0.1, 0.15) is 82.9 Å². The summed E-state index contributed by atoms with van der Waals surface area (Å²) in [5.41, 5.74) is -1.43. The van der Waals surface area contributed by atoms with E-state index in [0.29, 0.717) is 10.9 Å². The van der Waals surface area contributed by atoms with Crippen molar-refractivity contribution >= 4 is 35.1 Å². The van der Waals surface area contributed by atoms with Crippen molar-refractivity contribution in [3.63, 3.8) is 0 Å². The molecule has 0 saturated heterocycles. The maximum absolute atomic E-state index is 14.1. The van der Waals surface area contributed by atoms with E-state index in [1.807, 2.05) is 48.8 Å². The van der Waals surface area contributed by atoms with Gasteiger partial charge in [0, 0.05) is 31.8 Å². The van der Waals surface area contributed by atoms with E-state index in [1.54, 1.807) is 20.9 Å². The van der Waals surface area contributed by atoms with Crippen LogP contribution in [0, 0.1) is 40.9 Å². The molecule has 268 valence electrons. The van der Waals surface area contributed by atoms with Gasteiger partial charge in [0.15, 0.2) is 17.3 Å². The Morgan fingerprint density at radius 2 is 1.50 bits per heavy atom. The van der Waals surface area contributed by atoms with E-state index in [9.17, 15) is 41.1 Å². The van der Waals surface area contributed by atoms with Gasteiger partial charge in [0.05, 0.1) is 21.1 Å². The summed E-state index contributed by atoms with van der Waals surface area (Å²) in [6, 6.07) is -1.47. The van der Waals surface area contributed by atoms with E-state index in [2.05, 4.69) is 15.0 Å². The molecule has 1 N–H and O–H groups in total. The number of benzene rings is 1. The zero-order valence-electron chi connectivity index (χ0n) is 29.0. The first-order valence-corrected chi connectivity index (χ1v) is 16.1. The molecule has 16 heteroatoms. The number of hydrogen-bond donors (Lipinski definition) is 1. The van der Waals surface area contributed by atoms with Crippen molar-refractivity contribution in [1.82, 2.24) is 15.2 Å². The Hall–Kier alpha value is -3.66. The van der Waals surface area contributed by atoms with Gasteiger partial charge in [0.25, 0.3) is 5.91 Å². The average Bonchev–Trinajstić information content (AvgIpc) is 3.50. The zero-order chi connectivity index (χ0) is 37.0. The molecule has 2 rings (SSSR count). The molecule has 2 aromatic rings. The molecular formula is C32H44F5N4O6S+. The van der Waals surface area contributed by atoms with Gasteiger partial charge in [0.1, 0.15) is 11.0 Å². The molecule has 0 aliphatic heterocycles. The largest absolute Gasteiger partial charge is 0.455 e. The monoisotopic (exact) mass is 707 g/mol. The third-order valence-corrected chi connectivity index (χ3v) is 9.68. The minimum atomic E-state index is -2.42. The maximum atomic E-state index is 14.1. The van der Waals surface area contributed by atoms with Gasteiger partial charge in [-0.25, -0.2) is 22.9 Å². The number of amides is 2. The molecule has 1 aromatic heterocycles. The lowest BCUT2D eigenvalue weighted by atomic mass is 9.92. The van der Waals surface area contributed by atoms with Crippen molar-refractivity contribution < 1.29 is 55.1 Å². The molecule has 0 aliphatic rings. The highest BCUT2D eigenvalue weighted by molar-refractivity contribution is 7.09. The number of aromatic nitrogens is 1. The second-order valence-electron chi connectivity index (χ2n) is 13.4. The SMILES string of the molecule is CCC(C)[C@H](NC(=O)C(C)(C)[N+](C)(C)C)C(=O)N(C)[C@H](C[C@@H](OC(C)=O)c1nc(C(=O)Oc2c(F)c(F)c(F)c(F)c2F)cs1)C(C)C. The van der Waals surface area contributed by atoms with E-state index < -0.39 is 76.2 Å². The Labute approximate surface area is 281 Å². The Morgan fingerprint density at radius 1 is 0.979 bits per heavy atom. The summed E-state index contributed by atoms with van der Waals surface area (Å²) in [6.45, 7) is 12.1. The minimum absolute atomic E-state index is 0.00925. The molecule has 1 unspecified atom stereocenters. The van der Waals surface area contributed by atoms with Crippen LogP contribution in [0.25, 0.3) is 0 Å². The van der Waals surface area contributed by atoms with Crippen LogP contribution in [0.5, 0.6) is 5.75 Å². The Morgan fingerprint density at radius 3 is 1.96 bits per heavy atom. The van der Waals surface area contributed by atoms with E-state index in [0.717, 1.165) is 23.6 Å². The molecule has 10 nitrogen and oxygen atoms in total. The number of thiazole rings is 1. The Kier molecular flexibility index (Phi) is 13.3. The third kappa shape index (κ3) is 8.87. The quantitative estimate of drug-likeness (QED) is 0.0684. The first kappa shape index (κ1) is 40.5. The van der Waals surface area contributed by atoms with E-state index in [-0.39, 0.29) is 35.1 Å². The van der Waals surface area contributed by atoms with E-state index in [4.69, 9.17) is 4.74 Å². The number of hydrogen-bond acceptors (Lipinski definition) is 8. The molecule has 0 radical (unpaired) electrons. The van der Waals surface area contributed by atoms with Crippen LogP contribution < -0.4 is 10.1 Å². The Bertz CT molecular complexity index is 1500. The lowest BCUT2D eigenvalue weighted by Gasteiger charge is -2.42. The second-order valence-corrected chi connectivity index (χ2v) is 14.3. The number of carbonyl (C=O) groups is 4. The highest BCUT2D eigenvalue weighted by Crippen LogP contribution is 2.33. The van der Waals surface area contributed by atoms with Crippen LogP contribution >= 0.6 is 11.3 Å². The maximum Gasteiger partial charge on any atom is 0.363 e. The number of nitrogens with zero attached hydrogens (tertiary/aromatic N) is 3. The van der Waals surface area contributed by atoms with Gasteiger partial charge in [-0.2, -0.15) is 8.78 Å². The van der Waals surface area contributed by atoms with Crippen LogP contribution in [0.2, 0.25) is 0 Å². The molecule has 2 amide bonds. The number of halogens is 5. The van der Waals surface area contributed by atoms with Crippen LogP contribution in [-0.4, -0.2) is 83.9 Å². The highest BCUT2D eigenvalue weighted by Gasteiger charge is 2.44. The molecule has 4 atom stereocenters. The molecule has 0 spiro atoms. The third-order valence-electron chi connectivity index (χ3n) is 8.75. The van der Waals surface area contributed by atoms with Crippen molar-refractivity contribution in [2.24, 2.45) is 11.8 Å². The smallest absolute Gasteiger partial charge is 0.363 e. The van der Waals surface area contributed by atoms with Crippen molar-refractivity contribution in [3.05, 3.63) is 45.2 Å². The van der Waals surface area contributed by atoms with Crippen molar-refractivity contribution in [1.29, 1.82) is 0 Å². The molecule has 1 aromatic carbocycles. The molecule has 0 fully saturated rings. The van der Waals surface area contributed by atoms with Gasteiger partial charge >= 0.3 is 11.9 Å². The second kappa shape index (κ2) is 15.7. The van der Waals surface area contributed by atoms with Crippen LogP contribution in [0.3, 0.4) is 0 Å². The molecule has 48 heavy (non-hydrogen) atoms. The fourth-order valence-corrected chi connectivity index (χ4v) is 5.36. The predicted octanol–water partition coefficient (Wildman–Crippen LogP) is 5.55. The van der Waals surface area contributed by atoms with Gasteiger partial charge in [0.2, 0.25) is 40.7 Å². The standard InChI is InChI=1S/C32H43F5N4O6S/c1-12-16(4)26(39-31(45)32(6,7)41(9,10)11)29(43)40(8)19(15(2)3)13-20(46-17(5)42)28-38-18(14-48-28)30(44)47-27-24(36)22(34)21(33)23(35)25(27)37/h14-16,19-20,26H,12-13H2,1-11H3/p+1/t16?,19-,20-,26+/m1/s1. The number of carbonyl (C=O) groups excluding carboxylic acids is 4. The van der Waals surface area contributed by atoms with E-state index in [1.165, 1.54) is 4.90 Å². The summed E-state index contributed by atoms with van der Waals surface area (Å²) < 4.78 is 79.1. The number of rotatable bonds is 14. The van der Waals surface area contributed by atoms with Crippen LogP contribution in [0.4, 0.5) is 22.0 Å². The first-order valence-electron chi connectivity index (χ1n) is 15.2. The van der Waals surface area contributed by atoms with Crippen molar-refractivity contribution in [2.75, 3.05) is 28.2 Å². The predicted molar refractivity (Wildman–Crippen MR) is 167 cm³/mol. The summed E-state index contributed by atoms with van der Waals surface area (Å²) in [4.78, 5) is 57.7. The summed E-state index contributed by atoms with van der Waals surface area (Å²) in [6.07, 6.45) is -0.551. The summed E-state index contributed by atoms with van der Waals surface area (Å²) >= 11 is 0.811. The van der Waals surface area contributed by atoms with Gasteiger partial charge in [-0.05, 0) is 25.7 Å². The average molecular weight is 708 g/mol. The fourth-order valence-electron chi connectivity index (χ4n) is 4.53. The number of ether oxygens (including phenoxy) is 2. The summed E-state index contributed by atoms with van der Waals surface area (Å²) in [5, 5.41) is 4.09. The summed E-state index contributed by atoms with van der Waals surface area (Å²) in [5.74, 6) is -16.9. The van der Waals surface area contributed by atoms with Gasteiger partial charge < -0.3 is 24.2 Å². The number of esters is 2. The lowest BCUT2D eigenvalue weighted by Crippen LogP contribution is -2.65. The number of quaternary nitrogens is 1. The lowest BCUT2D eigenvalue weighted by molar-refractivity contribution is -0.908. The molecule has 1 heterocycles. The van der Waals surface area contributed by atoms with Crippen molar-refractivity contribution in [2.45, 2.75) is 85.0 Å². The van der Waals surface area contributed by atoms with Crippen LogP contribution in [0.15, 0.2) is 5.38 Å². The van der Waals surface area contributed by atoms with Crippen molar-refractivity contribution in [3.8, 4) is 5.75 Å². The zero-order valence-corrected chi connectivity index (χ0v) is 29.8. The minimum Gasteiger partial charge on any atom is -0.455 e. The Balaban J connectivity index is 2.40. The number of nitrogens with one attached hydrogen (secondary N) is 1.